The average Bonchev–Trinajstić information content (AvgIpc) is 3.48. The predicted molar refractivity (Wildman–Crippen MR) is 131 cm³/mol. The number of imidazole rings is 1. The van der Waals surface area contributed by atoms with Crippen molar-refractivity contribution in [3.63, 3.8) is 0 Å². The second kappa shape index (κ2) is 10.9. The Morgan fingerprint density at radius 3 is 2.36 bits per heavy atom. The smallest absolute Gasteiger partial charge is 0.299 e. The molecule has 0 unspecified atom stereocenters. The van der Waals surface area contributed by atoms with E-state index in [-0.39, 0.29) is 5.69 Å². The summed E-state index contributed by atoms with van der Waals surface area (Å²) >= 11 is 0. The Balaban J connectivity index is 1.59. The number of nitrogens with zero attached hydrogens (tertiary/aromatic N) is 5. The van der Waals surface area contributed by atoms with Crippen molar-refractivity contribution in [3.05, 3.63) is 76.5 Å². The van der Waals surface area contributed by atoms with Crippen LogP contribution in [0.2, 0.25) is 0 Å². The van der Waals surface area contributed by atoms with E-state index in [0.29, 0.717) is 12.4 Å². The molecule has 0 aliphatic rings. The molecule has 7 nitrogen and oxygen atoms in total. The number of hydrogen-bond donors (Lipinski definition) is 1. The molecule has 2 heterocycles. The predicted octanol–water partition coefficient (Wildman–Crippen LogP) is 5.08. The Morgan fingerprint density at radius 2 is 1.67 bits per heavy atom. The van der Waals surface area contributed by atoms with Gasteiger partial charge < -0.3 is 0 Å². The number of benzene rings is 2. The molecule has 0 amide bonds. The maximum atomic E-state index is 13.1. The summed E-state index contributed by atoms with van der Waals surface area (Å²) in [7, 11) is 0. The molecule has 0 aliphatic heterocycles. The van der Waals surface area contributed by atoms with Crippen LogP contribution in [0.5, 0.6) is 0 Å². The highest BCUT2D eigenvalue weighted by atomic mass is 16.1. The zero-order chi connectivity index (χ0) is 23.0. The van der Waals surface area contributed by atoms with Crippen LogP contribution in [-0.4, -0.2) is 29.8 Å². The van der Waals surface area contributed by atoms with Gasteiger partial charge in [0, 0.05) is 24.0 Å². The number of H-pyrrole nitrogens is 1. The van der Waals surface area contributed by atoms with E-state index < -0.39 is 0 Å². The molecule has 0 saturated carbocycles. The lowest BCUT2D eigenvalue weighted by Gasteiger charge is -2.10. The number of aryl methyl sites for hydroxylation is 2. The van der Waals surface area contributed by atoms with Crippen molar-refractivity contribution in [2.45, 2.75) is 65.5 Å². The quantitative estimate of drug-likeness (QED) is 0.327. The number of unbranched alkanes of at least 4 members (excludes halogenated alkanes) is 3. The van der Waals surface area contributed by atoms with E-state index in [1.807, 2.05) is 27.3 Å². The maximum absolute atomic E-state index is 13.1. The highest BCUT2D eigenvalue weighted by Gasteiger charge is 2.13. The Morgan fingerprint density at radius 1 is 0.909 bits per heavy atom. The highest BCUT2D eigenvalue weighted by Crippen LogP contribution is 2.29. The fourth-order valence-corrected chi connectivity index (χ4v) is 4.17. The van der Waals surface area contributed by atoms with E-state index in [2.05, 4.69) is 71.0 Å². The van der Waals surface area contributed by atoms with Gasteiger partial charge in [-0.25, -0.2) is 4.79 Å². The van der Waals surface area contributed by atoms with Gasteiger partial charge in [-0.2, -0.15) is 5.21 Å². The fourth-order valence-electron chi connectivity index (χ4n) is 4.17. The third-order valence-corrected chi connectivity index (χ3v) is 6.04. The number of tetrazole rings is 1. The molecule has 0 fully saturated rings. The van der Waals surface area contributed by atoms with Crippen molar-refractivity contribution in [1.82, 2.24) is 29.8 Å². The van der Waals surface area contributed by atoms with Crippen LogP contribution in [-0.2, 0) is 19.5 Å². The first-order chi connectivity index (χ1) is 16.2. The summed E-state index contributed by atoms with van der Waals surface area (Å²) in [5.41, 5.74) is 5.41. The van der Waals surface area contributed by atoms with Crippen LogP contribution in [0.15, 0.2) is 59.5 Å². The molecule has 0 atom stereocenters. The molecule has 1 N–H and O–H groups in total. The number of nitrogens with one attached hydrogen (secondary N) is 1. The lowest BCUT2D eigenvalue weighted by Crippen LogP contribution is -2.25. The third-order valence-electron chi connectivity index (χ3n) is 6.04. The van der Waals surface area contributed by atoms with Gasteiger partial charge in [0.1, 0.15) is 0 Å². The van der Waals surface area contributed by atoms with Crippen molar-refractivity contribution in [2.24, 2.45) is 0 Å². The van der Waals surface area contributed by atoms with Gasteiger partial charge in [-0.3, -0.25) is 9.13 Å². The minimum Gasteiger partial charge on any atom is -0.299 e. The molecule has 33 heavy (non-hydrogen) atoms. The van der Waals surface area contributed by atoms with E-state index in [0.717, 1.165) is 60.2 Å². The molecule has 0 radical (unpaired) electrons. The van der Waals surface area contributed by atoms with Gasteiger partial charge in [0.2, 0.25) is 5.82 Å². The topological polar surface area (TPSA) is 81.4 Å². The van der Waals surface area contributed by atoms with E-state index in [1.54, 1.807) is 0 Å². The van der Waals surface area contributed by atoms with E-state index in [4.69, 9.17) is 0 Å². The van der Waals surface area contributed by atoms with E-state index >= 15 is 0 Å². The Kier molecular flexibility index (Phi) is 7.50. The molecule has 4 rings (SSSR count). The van der Waals surface area contributed by atoms with Crippen molar-refractivity contribution in [3.8, 4) is 22.5 Å². The number of aromatic amines is 1. The SMILES string of the molecule is CCCCCc1cn(CCCC)c(=O)n1Cc1ccc(-c2ccccc2-c2nn[nH]n2)cc1. The first kappa shape index (κ1) is 22.7. The van der Waals surface area contributed by atoms with Crippen LogP contribution >= 0.6 is 0 Å². The lowest BCUT2D eigenvalue weighted by molar-refractivity contribution is 0.591. The minimum absolute atomic E-state index is 0.0986. The summed E-state index contributed by atoms with van der Waals surface area (Å²) < 4.78 is 3.84. The number of rotatable bonds is 11. The molecule has 2 aromatic heterocycles. The third kappa shape index (κ3) is 5.30. The Labute approximate surface area is 194 Å². The minimum atomic E-state index is 0.0986. The second-order valence-corrected chi connectivity index (χ2v) is 8.47. The van der Waals surface area contributed by atoms with Crippen LogP contribution < -0.4 is 5.69 Å². The molecule has 0 aliphatic carbocycles. The zero-order valence-corrected chi connectivity index (χ0v) is 19.5. The van der Waals surface area contributed by atoms with Gasteiger partial charge >= 0.3 is 5.69 Å². The van der Waals surface area contributed by atoms with Gasteiger partial charge in [0.15, 0.2) is 0 Å². The lowest BCUT2D eigenvalue weighted by atomic mass is 9.98. The van der Waals surface area contributed by atoms with Gasteiger partial charge in [-0.1, -0.05) is 81.6 Å². The van der Waals surface area contributed by atoms with Crippen LogP contribution in [0.25, 0.3) is 22.5 Å². The van der Waals surface area contributed by atoms with E-state index in [1.165, 1.54) is 12.8 Å². The Hall–Kier alpha value is -3.48. The number of aromatic nitrogens is 6. The standard InChI is InChI=1S/C26H32N6O/c1-3-5-7-10-22-19-31(17-6-4-2)26(33)32(22)18-20-13-15-21(16-14-20)23-11-8-9-12-24(23)25-27-29-30-28-25/h8-9,11-16,19H,3-7,10,17-18H2,1-2H3,(H,27,28,29,30). The van der Waals surface area contributed by atoms with Crippen molar-refractivity contribution >= 4 is 0 Å². The van der Waals surface area contributed by atoms with Gasteiger partial charge in [0.05, 0.1) is 6.54 Å². The molecule has 0 bridgehead atoms. The molecule has 7 heteroatoms. The van der Waals surface area contributed by atoms with Crippen LogP contribution in [0.1, 0.15) is 57.2 Å². The Bertz CT molecular complexity index is 1200. The van der Waals surface area contributed by atoms with Crippen LogP contribution in [0.3, 0.4) is 0 Å². The molecule has 172 valence electrons. The zero-order valence-electron chi connectivity index (χ0n) is 19.5. The largest absolute Gasteiger partial charge is 0.328 e. The van der Waals surface area contributed by atoms with Crippen molar-refractivity contribution in [2.75, 3.05) is 0 Å². The van der Waals surface area contributed by atoms with Gasteiger partial charge in [0.25, 0.3) is 0 Å². The van der Waals surface area contributed by atoms with Gasteiger partial charge in [-0.15, -0.1) is 10.2 Å². The fraction of sp³-hybridized carbons (Fsp3) is 0.385. The average molecular weight is 445 g/mol. The first-order valence-electron chi connectivity index (χ1n) is 11.9. The first-order valence-corrected chi connectivity index (χ1v) is 11.9. The summed E-state index contributed by atoms with van der Waals surface area (Å²) in [6.07, 6.45) is 8.58. The van der Waals surface area contributed by atoms with Crippen molar-refractivity contribution < 1.29 is 0 Å². The molecular formula is C26H32N6O. The molecular weight excluding hydrogens is 412 g/mol. The summed E-state index contributed by atoms with van der Waals surface area (Å²) in [4.78, 5) is 13.1. The second-order valence-electron chi connectivity index (χ2n) is 8.47. The van der Waals surface area contributed by atoms with Crippen LogP contribution in [0, 0.1) is 0 Å². The highest BCUT2D eigenvalue weighted by molar-refractivity contribution is 5.80. The molecule has 0 spiro atoms. The molecule has 2 aromatic carbocycles. The van der Waals surface area contributed by atoms with Crippen LogP contribution in [0.4, 0.5) is 0 Å². The normalized spacial score (nSPS) is 11.2. The summed E-state index contributed by atoms with van der Waals surface area (Å²) in [5.74, 6) is 0.575. The monoisotopic (exact) mass is 444 g/mol. The molecule has 4 aromatic rings. The summed E-state index contributed by atoms with van der Waals surface area (Å²) in [6.45, 7) is 5.74. The van der Waals surface area contributed by atoms with Gasteiger partial charge in [-0.05, 0) is 41.2 Å². The maximum Gasteiger partial charge on any atom is 0.328 e. The van der Waals surface area contributed by atoms with E-state index in [9.17, 15) is 4.79 Å². The summed E-state index contributed by atoms with van der Waals surface area (Å²) in [5, 5.41) is 14.5. The summed E-state index contributed by atoms with van der Waals surface area (Å²) in [6, 6.07) is 16.4. The number of hydrogen-bond acceptors (Lipinski definition) is 4. The van der Waals surface area contributed by atoms with Crippen molar-refractivity contribution in [1.29, 1.82) is 0 Å². The molecule has 0 saturated heterocycles.